The molecule has 1 aliphatic rings. The van der Waals surface area contributed by atoms with Crippen LogP contribution in [0.2, 0.25) is 0 Å². The van der Waals surface area contributed by atoms with Crippen LogP contribution in [0.5, 0.6) is 0 Å². The van der Waals surface area contributed by atoms with Gasteiger partial charge in [-0.25, -0.2) is 0 Å². The molecule has 1 aromatic carbocycles. The SMILES string of the molecule is Cc1ccc2sc3c(c2c1)S(=O)CCNC3=O. The molecule has 2 aromatic rings. The second kappa shape index (κ2) is 3.92. The van der Waals surface area contributed by atoms with Crippen molar-refractivity contribution in [1.82, 2.24) is 5.32 Å². The van der Waals surface area contributed by atoms with Gasteiger partial charge in [0.2, 0.25) is 0 Å². The minimum atomic E-state index is -1.08. The number of amides is 1. The van der Waals surface area contributed by atoms with Gasteiger partial charge in [0, 0.05) is 22.4 Å². The number of fused-ring (bicyclic) bond motifs is 3. The summed E-state index contributed by atoms with van der Waals surface area (Å²) in [6.45, 7) is 2.49. The standard InChI is InChI=1S/C12H11NO2S2/c1-7-2-3-9-8(6-7)11-10(16-9)12(14)13-4-5-17(11)15/h2-3,6H,4-5H2,1H3,(H,13,14). The van der Waals surface area contributed by atoms with Crippen molar-refractivity contribution in [3.8, 4) is 0 Å². The lowest BCUT2D eigenvalue weighted by Crippen LogP contribution is -2.23. The van der Waals surface area contributed by atoms with Crippen LogP contribution in [0.3, 0.4) is 0 Å². The Balaban J connectivity index is 2.38. The number of aryl methyl sites for hydroxylation is 1. The van der Waals surface area contributed by atoms with Gasteiger partial charge in [0.05, 0.1) is 15.7 Å². The molecule has 0 radical (unpaired) electrons. The summed E-state index contributed by atoms with van der Waals surface area (Å²) >= 11 is 1.43. The summed E-state index contributed by atoms with van der Waals surface area (Å²) in [5.41, 5.74) is 1.12. The lowest BCUT2D eigenvalue weighted by Gasteiger charge is -1.98. The van der Waals surface area contributed by atoms with E-state index >= 15 is 0 Å². The average molecular weight is 265 g/mol. The van der Waals surface area contributed by atoms with Crippen LogP contribution in [-0.4, -0.2) is 22.4 Å². The molecule has 1 unspecified atom stereocenters. The van der Waals surface area contributed by atoms with Gasteiger partial charge in [-0.15, -0.1) is 11.3 Å². The Hall–Kier alpha value is -1.20. The summed E-state index contributed by atoms with van der Waals surface area (Å²) in [5, 5.41) is 3.76. The molecular formula is C12H11NO2S2. The number of carbonyl (C=O) groups excluding carboxylic acids is 1. The summed E-state index contributed by atoms with van der Waals surface area (Å²) < 4.78 is 13.2. The molecule has 17 heavy (non-hydrogen) atoms. The van der Waals surface area contributed by atoms with Crippen LogP contribution in [0.15, 0.2) is 23.1 Å². The lowest BCUT2D eigenvalue weighted by molar-refractivity contribution is 0.0959. The van der Waals surface area contributed by atoms with Crippen LogP contribution < -0.4 is 5.32 Å². The molecule has 5 heteroatoms. The van der Waals surface area contributed by atoms with Gasteiger partial charge in [0.15, 0.2) is 0 Å². The van der Waals surface area contributed by atoms with Gasteiger partial charge in [-0.1, -0.05) is 11.6 Å². The molecule has 2 heterocycles. The van der Waals surface area contributed by atoms with Gasteiger partial charge >= 0.3 is 0 Å². The van der Waals surface area contributed by atoms with Crippen LogP contribution >= 0.6 is 11.3 Å². The third-order valence-electron chi connectivity index (χ3n) is 2.80. The number of thiophene rings is 1. The molecule has 0 saturated heterocycles. The van der Waals surface area contributed by atoms with E-state index in [1.807, 2.05) is 25.1 Å². The van der Waals surface area contributed by atoms with E-state index in [1.165, 1.54) is 11.3 Å². The number of hydrogen-bond donors (Lipinski definition) is 1. The minimum absolute atomic E-state index is 0.0929. The molecular weight excluding hydrogens is 254 g/mol. The zero-order chi connectivity index (χ0) is 12.0. The van der Waals surface area contributed by atoms with E-state index in [1.54, 1.807) is 0 Å². The molecule has 0 bridgehead atoms. The fraction of sp³-hybridized carbons (Fsp3) is 0.250. The number of rotatable bonds is 0. The third kappa shape index (κ3) is 1.70. The van der Waals surface area contributed by atoms with E-state index in [9.17, 15) is 9.00 Å². The second-order valence-electron chi connectivity index (χ2n) is 4.07. The van der Waals surface area contributed by atoms with Crippen molar-refractivity contribution in [3.63, 3.8) is 0 Å². The van der Waals surface area contributed by atoms with Crippen LogP contribution in [-0.2, 0) is 10.8 Å². The van der Waals surface area contributed by atoms with Crippen LogP contribution in [0.4, 0.5) is 0 Å². The topological polar surface area (TPSA) is 46.2 Å². The zero-order valence-electron chi connectivity index (χ0n) is 9.28. The van der Waals surface area contributed by atoms with Crippen LogP contribution in [0.25, 0.3) is 10.1 Å². The fourth-order valence-electron chi connectivity index (χ4n) is 2.00. The molecule has 0 spiro atoms. The summed E-state index contributed by atoms with van der Waals surface area (Å²) in [7, 11) is -1.08. The molecule has 1 aliphatic heterocycles. The van der Waals surface area contributed by atoms with Crippen LogP contribution in [0.1, 0.15) is 15.2 Å². The van der Waals surface area contributed by atoms with Gasteiger partial charge in [-0.05, 0) is 19.1 Å². The monoisotopic (exact) mass is 265 g/mol. The second-order valence-corrected chi connectivity index (χ2v) is 6.63. The van der Waals surface area contributed by atoms with Gasteiger partial charge in [-0.2, -0.15) is 0 Å². The molecule has 0 fully saturated rings. The van der Waals surface area contributed by atoms with E-state index in [4.69, 9.17) is 0 Å². The predicted molar refractivity (Wildman–Crippen MR) is 70.2 cm³/mol. The molecule has 1 aromatic heterocycles. The van der Waals surface area contributed by atoms with E-state index in [-0.39, 0.29) is 5.91 Å². The van der Waals surface area contributed by atoms with Crippen molar-refractivity contribution < 1.29 is 9.00 Å². The number of benzene rings is 1. The number of hydrogen-bond acceptors (Lipinski definition) is 3. The van der Waals surface area contributed by atoms with Crippen molar-refractivity contribution in [2.24, 2.45) is 0 Å². The van der Waals surface area contributed by atoms with Crippen molar-refractivity contribution in [1.29, 1.82) is 0 Å². The normalized spacial score (nSPS) is 19.8. The fourth-order valence-corrected chi connectivity index (χ4v) is 4.67. The smallest absolute Gasteiger partial charge is 0.262 e. The molecule has 1 atom stereocenters. The Bertz CT molecular complexity index is 645. The Morgan fingerprint density at radius 1 is 1.41 bits per heavy atom. The first-order valence-electron chi connectivity index (χ1n) is 5.36. The first kappa shape index (κ1) is 10.9. The van der Waals surface area contributed by atoms with Gasteiger partial charge in [-0.3, -0.25) is 9.00 Å². The number of nitrogens with one attached hydrogen (secondary N) is 1. The Kier molecular flexibility index (Phi) is 2.52. The number of carbonyl (C=O) groups is 1. The summed E-state index contributed by atoms with van der Waals surface area (Å²) in [6, 6.07) is 6.02. The van der Waals surface area contributed by atoms with Crippen LogP contribution in [0, 0.1) is 6.92 Å². The van der Waals surface area contributed by atoms with Gasteiger partial charge in [0.25, 0.3) is 5.91 Å². The highest BCUT2D eigenvalue weighted by molar-refractivity contribution is 7.85. The first-order chi connectivity index (χ1) is 8.16. The molecule has 1 amide bonds. The highest BCUT2D eigenvalue weighted by Gasteiger charge is 2.25. The molecule has 88 valence electrons. The first-order valence-corrected chi connectivity index (χ1v) is 7.50. The van der Waals surface area contributed by atoms with Gasteiger partial charge in [0.1, 0.15) is 4.88 Å². The highest BCUT2D eigenvalue weighted by atomic mass is 32.2. The molecule has 3 rings (SSSR count). The lowest BCUT2D eigenvalue weighted by atomic mass is 10.2. The van der Waals surface area contributed by atoms with E-state index in [0.29, 0.717) is 17.2 Å². The molecule has 0 saturated carbocycles. The Labute approximate surface area is 105 Å². The quantitative estimate of drug-likeness (QED) is 0.792. The van der Waals surface area contributed by atoms with E-state index in [0.717, 1.165) is 20.5 Å². The predicted octanol–water partition coefficient (Wildman–Crippen LogP) is 2.06. The van der Waals surface area contributed by atoms with Crippen molar-refractivity contribution in [2.75, 3.05) is 12.3 Å². The average Bonchev–Trinajstić information content (AvgIpc) is 2.60. The Morgan fingerprint density at radius 3 is 3.06 bits per heavy atom. The molecule has 1 N–H and O–H groups in total. The molecule has 0 aliphatic carbocycles. The third-order valence-corrected chi connectivity index (χ3v) is 5.56. The summed E-state index contributed by atoms with van der Waals surface area (Å²) in [6.07, 6.45) is 0. The van der Waals surface area contributed by atoms with E-state index in [2.05, 4.69) is 5.32 Å². The summed E-state index contributed by atoms with van der Waals surface area (Å²) in [4.78, 5) is 13.2. The molecule has 3 nitrogen and oxygen atoms in total. The van der Waals surface area contributed by atoms with Crippen molar-refractivity contribution >= 4 is 38.1 Å². The maximum atomic E-state index is 12.2. The highest BCUT2D eigenvalue weighted by Crippen LogP contribution is 2.35. The summed E-state index contributed by atoms with van der Waals surface area (Å²) in [5.74, 6) is 0.406. The van der Waals surface area contributed by atoms with Gasteiger partial charge < -0.3 is 5.32 Å². The maximum Gasteiger partial charge on any atom is 0.262 e. The minimum Gasteiger partial charge on any atom is -0.350 e. The maximum absolute atomic E-state index is 12.2. The largest absolute Gasteiger partial charge is 0.350 e. The van der Waals surface area contributed by atoms with E-state index < -0.39 is 10.8 Å². The zero-order valence-corrected chi connectivity index (χ0v) is 10.9. The van der Waals surface area contributed by atoms with Crippen molar-refractivity contribution in [3.05, 3.63) is 28.6 Å². The Morgan fingerprint density at radius 2 is 2.24 bits per heavy atom. The van der Waals surface area contributed by atoms with Crippen molar-refractivity contribution in [2.45, 2.75) is 11.8 Å².